The molecule has 0 unspecified atom stereocenters. The van der Waals surface area contributed by atoms with Gasteiger partial charge in [0.15, 0.2) is 5.78 Å². The average molecular weight is 277 g/mol. The molecule has 2 rings (SSSR count). The van der Waals surface area contributed by atoms with Crippen molar-refractivity contribution >= 4 is 15.9 Å². The smallest absolute Gasteiger partial charge is 0.340 e. The van der Waals surface area contributed by atoms with Gasteiger partial charge in [0.05, 0.1) is 0 Å². The third-order valence-electron chi connectivity index (χ3n) is 2.39. The topological polar surface area (TPSA) is 73.3 Å². The Morgan fingerprint density at radius 3 is 2.37 bits per heavy atom. The maximum Gasteiger partial charge on any atom is 0.340 e. The first-order valence-corrected chi connectivity index (χ1v) is 6.85. The number of Topliss-reactive ketones (excluding diaryl/α,β-unsaturated/α-hetero) is 1. The summed E-state index contributed by atoms with van der Waals surface area (Å²) in [6, 6.07) is 8.80. The van der Waals surface area contributed by atoms with Crippen molar-refractivity contribution in [1.82, 2.24) is 4.98 Å². The van der Waals surface area contributed by atoms with E-state index in [1.54, 1.807) is 0 Å². The molecule has 0 fully saturated rings. The summed E-state index contributed by atoms with van der Waals surface area (Å²) in [6.07, 6.45) is 2.68. The normalized spacial score (nSPS) is 11.0. The van der Waals surface area contributed by atoms with E-state index in [1.165, 1.54) is 55.7 Å². The van der Waals surface area contributed by atoms with Gasteiger partial charge in [-0.3, -0.25) is 9.78 Å². The molecule has 0 saturated carbocycles. The standard InChI is InChI=1S/C13H11NO4S/c1-10(15)11-4-6-12(7-5-11)18-19(16,17)13-3-2-8-14-9-13/h2-9H,1H3. The van der Waals surface area contributed by atoms with Gasteiger partial charge in [-0.05, 0) is 43.3 Å². The summed E-state index contributed by atoms with van der Waals surface area (Å²) >= 11 is 0. The van der Waals surface area contributed by atoms with E-state index in [0.717, 1.165) is 0 Å². The maximum absolute atomic E-state index is 11.9. The third-order valence-corrected chi connectivity index (χ3v) is 3.62. The average Bonchev–Trinajstić information content (AvgIpc) is 2.40. The van der Waals surface area contributed by atoms with Crippen molar-refractivity contribution in [3.05, 3.63) is 54.4 Å². The summed E-state index contributed by atoms with van der Waals surface area (Å²) in [4.78, 5) is 14.8. The lowest BCUT2D eigenvalue weighted by Gasteiger charge is -2.06. The van der Waals surface area contributed by atoms with Crippen molar-refractivity contribution in [3.63, 3.8) is 0 Å². The molecule has 0 bridgehead atoms. The predicted octanol–water partition coefficient (Wildman–Crippen LogP) is 2.05. The van der Waals surface area contributed by atoms with Gasteiger partial charge in [-0.15, -0.1) is 0 Å². The van der Waals surface area contributed by atoms with Crippen LogP contribution in [0.5, 0.6) is 5.75 Å². The van der Waals surface area contributed by atoms with Gasteiger partial charge in [-0.25, -0.2) is 0 Å². The monoisotopic (exact) mass is 277 g/mol. The number of benzene rings is 1. The van der Waals surface area contributed by atoms with E-state index in [4.69, 9.17) is 4.18 Å². The van der Waals surface area contributed by atoms with Crippen LogP contribution in [0.4, 0.5) is 0 Å². The molecular weight excluding hydrogens is 266 g/mol. The summed E-state index contributed by atoms with van der Waals surface area (Å²) in [5, 5.41) is 0. The molecule has 0 aliphatic rings. The largest absolute Gasteiger partial charge is 0.379 e. The fourth-order valence-electron chi connectivity index (χ4n) is 1.41. The van der Waals surface area contributed by atoms with Crippen molar-refractivity contribution in [1.29, 1.82) is 0 Å². The second kappa shape index (κ2) is 5.19. The van der Waals surface area contributed by atoms with Gasteiger partial charge in [-0.2, -0.15) is 8.42 Å². The zero-order chi connectivity index (χ0) is 13.9. The van der Waals surface area contributed by atoms with Gasteiger partial charge < -0.3 is 4.18 Å². The van der Waals surface area contributed by atoms with E-state index < -0.39 is 10.1 Å². The van der Waals surface area contributed by atoms with Crippen LogP contribution in [0.3, 0.4) is 0 Å². The lowest BCUT2D eigenvalue weighted by Crippen LogP contribution is -2.10. The highest BCUT2D eigenvalue weighted by molar-refractivity contribution is 7.87. The number of hydrogen-bond donors (Lipinski definition) is 0. The Balaban J connectivity index is 2.24. The molecule has 0 aliphatic carbocycles. The first-order chi connectivity index (χ1) is 8.99. The van der Waals surface area contributed by atoms with Crippen molar-refractivity contribution < 1.29 is 17.4 Å². The summed E-state index contributed by atoms with van der Waals surface area (Å²) < 4.78 is 28.7. The van der Waals surface area contributed by atoms with Crippen LogP contribution in [0.25, 0.3) is 0 Å². The number of hydrogen-bond acceptors (Lipinski definition) is 5. The Hall–Kier alpha value is -2.21. The van der Waals surface area contributed by atoms with E-state index in [-0.39, 0.29) is 16.4 Å². The number of carbonyl (C=O) groups is 1. The molecule has 1 heterocycles. The Labute approximate surface area is 111 Å². The highest BCUT2D eigenvalue weighted by Gasteiger charge is 2.16. The van der Waals surface area contributed by atoms with E-state index in [9.17, 15) is 13.2 Å². The minimum atomic E-state index is -3.89. The molecule has 0 N–H and O–H groups in total. The van der Waals surface area contributed by atoms with Crippen LogP contribution in [-0.2, 0) is 10.1 Å². The number of rotatable bonds is 4. The lowest BCUT2D eigenvalue weighted by atomic mass is 10.1. The van der Waals surface area contributed by atoms with Gasteiger partial charge in [0.25, 0.3) is 0 Å². The number of nitrogens with zero attached hydrogens (tertiary/aromatic N) is 1. The van der Waals surface area contributed by atoms with Crippen molar-refractivity contribution in [2.24, 2.45) is 0 Å². The second-order valence-corrected chi connectivity index (χ2v) is 5.35. The van der Waals surface area contributed by atoms with Crippen molar-refractivity contribution in [3.8, 4) is 5.75 Å². The number of pyridine rings is 1. The Bertz CT molecular complexity index is 678. The molecule has 2 aromatic rings. The molecular formula is C13H11NO4S. The van der Waals surface area contributed by atoms with Crippen LogP contribution in [-0.4, -0.2) is 19.2 Å². The zero-order valence-corrected chi connectivity index (χ0v) is 10.9. The van der Waals surface area contributed by atoms with Crippen LogP contribution < -0.4 is 4.18 Å². The molecule has 0 aliphatic heterocycles. The minimum absolute atomic E-state index is 0.0226. The SMILES string of the molecule is CC(=O)c1ccc(OS(=O)(=O)c2cccnc2)cc1. The fraction of sp³-hybridized carbons (Fsp3) is 0.0769. The third kappa shape index (κ3) is 3.17. The summed E-state index contributed by atoms with van der Waals surface area (Å²) in [7, 11) is -3.89. The molecule has 0 atom stereocenters. The molecule has 5 nitrogen and oxygen atoms in total. The van der Waals surface area contributed by atoms with Gasteiger partial charge in [0, 0.05) is 18.0 Å². The van der Waals surface area contributed by atoms with Crippen LogP contribution in [0.2, 0.25) is 0 Å². The summed E-state index contributed by atoms with van der Waals surface area (Å²) in [5.74, 6) is 0.0514. The van der Waals surface area contributed by atoms with E-state index >= 15 is 0 Å². The molecule has 1 aromatic heterocycles. The van der Waals surface area contributed by atoms with Gasteiger partial charge >= 0.3 is 10.1 Å². The van der Waals surface area contributed by atoms with Crippen LogP contribution in [0.15, 0.2) is 53.7 Å². The Kier molecular flexibility index (Phi) is 3.62. The zero-order valence-electron chi connectivity index (χ0n) is 10.1. The number of ketones is 1. The Morgan fingerprint density at radius 1 is 1.16 bits per heavy atom. The van der Waals surface area contributed by atoms with E-state index in [1.807, 2.05) is 0 Å². The number of carbonyl (C=O) groups excluding carboxylic acids is 1. The minimum Gasteiger partial charge on any atom is -0.379 e. The van der Waals surface area contributed by atoms with Gasteiger partial charge in [-0.1, -0.05) is 0 Å². The summed E-state index contributed by atoms with van der Waals surface area (Å²) in [5.41, 5.74) is 0.492. The molecule has 6 heteroatoms. The molecule has 0 saturated heterocycles. The predicted molar refractivity (Wildman–Crippen MR) is 68.5 cm³/mol. The highest BCUT2D eigenvalue weighted by Crippen LogP contribution is 2.18. The van der Waals surface area contributed by atoms with Crippen molar-refractivity contribution in [2.75, 3.05) is 0 Å². The fourth-order valence-corrected chi connectivity index (χ4v) is 2.31. The van der Waals surface area contributed by atoms with E-state index in [0.29, 0.717) is 5.56 Å². The molecule has 0 spiro atoms. The van der Waals surface area contributed by atoms with Crippen LogP contribution >= 0.6 is 0 Å². The molecule has 0 radical (unpaired) electrons. The first-order valence-electron chi connectivity index (χ1n) is 5.44. The van der Waals surface area contributed by atoms with Crippen molar-refractivity contribution in [2.45, 2.75) is 11.8 Å². The molecule has 98 valence electrons. The molecule has 19 heavy (non-hydrogen) atoms. The van der Waals surface area contributed by atoms with Gasteiger partial charge in [0.2, 0.25) is 0 Å². The van der Waals surface area contributed by atoms with Gasteiger partial charge in [0.1, 0.15) is 10.6 Å². The van der Waals surface area contributed by atoms with E-state index in [2.05, 4.69) is 4.98 Å². The quantitative estimate of drug-likeness (QED) is 0.631. The lowest BCUT2D eigenvalue weighted by molar-refractivity contribution is 0.101. The number of aromatic nitrogens is 1. The molecule has 1 aromatic carbocycles. The van der Waals surface area contributed by atoms with Crippen LogP contribution in [0.1, 0.15) is 17.3 Å². The molecule has 0 amide bonds. The highest BCUT2D eigenvalue weighted by atomic mass is 32.2. The maximum atomic E-state index is 11.9. The Morgan fingerprint density at radius 2 is 1.84 bits per heavy atom. The second-order valence-electron chi connectivity index (χ2n) is 3.81. The first kappa shape index (κ1) is 13.2. The summed E-state index contributed by atoms with van der Waals surface area (Å²) in [6.45, 7) is 1.43. The van der Waals surface area contributed by atoms with Crippen LogP contribution in [0, 0.1) is 0 Å².